The Morgan fingerprint density at radius 3 is 2.61 bits per heavy atom. The summed E-state index contributed by atoms with van der Waals surface area (Å²) < 4.78 is 41.9. The van der Waals surface area contributed by atoms with Gasteiger partial charge in [-0.15, -0.1) is 10.2 Å². The summed E-state index contributed by atoms with van der Waals surface area (Å²) in [6.45, 7) is 4.61. The molecule has 1 N–H and O–H groups in total. The number of carbonyl (C=O) groups excluding carboxylic acids is 1. The summed E-state index contributed by atoms with van der Waals surface area (Å²) >= 11 is 1.02. The van der Waals surface area contributed by atoms with Crippen LogP contribution < -0.4 is 5.32 Å². The number of aromatic nitrogens is 2. The van der Waals surface area contributed by atoms with Crippen LogP contribution in [0.2, 0.25) is 0 Å². The molecule has 2 heterocycles. The van der Waals surface area contributed by atoms with Gasteiger partial charge in [-0.05, 0) is 55.0 Å². The van der Waals surface area contributed by atoms with Gasteiger partial charge in [0.1, 0.15) is 10.8 Å². The Balaban J connectivity index is 1.52. The molecule has 33 heavy (non-hydrogen) atoms. The van der Waals surface area contributed by atoms with Crippen LogP contribution in [-0.2, 0) is 16.4 Å². The van der Waals surface area contributed by atoms with E-state index >= 15 is 0 Å². The van der Waals surface area contributed by atoms with Crippen LogP contribution in [0.5, 0.6) is 0 Å². The highest BCUT2D eigenvalue weighted by Gasteiger charge is 2.38. The molecule has 1 fully saturated rings. The van der Waals surface area contributed by atoms with Gasteiger partial charge in [0.25, 0.3) is 5.91 Å². The van der Waals surface area contributed by atoms with Gasteiger partial charge in [-0.25, -0.2) is 12.8 Å². The van der Waals surface area contributed by atoms with Gasteiger partial charge in [0.15, 0.2) is 0 Å². The fourth-order valence-electron chi connectivity index (χ4n) is 3.88. The van der Waals surface area contributed by atoms with E-state index < -0.39 is 27.8 Å². The number of nitrogens with one attached hydrogen (secondary N) is 1. The molecule has 1 amide bonds. The fourth-order valence-corrected chi connectivity index (χ4v) is 6.49. The highest BCUT2D eigenvalue weighted by Crippen LogP contribution is 2.38. The Kier molecular flexibility index (Phi) is 6.87. The SMILES string of the molecule is CC(C)Cc1ccc(S(=O)(=O)N2CCC[C@@H]2c2nnc(C(=O)Nc3ccccc3F)s2)cc1. The summed E-state index contributed by atoms with van der Waals surface area (Å²) in [6.07, 6.45) is 2.16. The molecule has 0 radical (unpaired) electrons. The van der Waals surface area contributed by atoms with Gasteiger partial charge in [-0.3, -0.25) is 4.79 Å². The molecule has 7 nitrogen and oxygen atoms in total. The van der Waals surface area contributed by atoms with E-state index in [-0.39, 0.29) is 15.6 Å². The number of hydrogen-bond acceptors (Lipinski definition) is 6. The zero-order chi connectivity index (χ0) is 23.6. The third-order valence-corrected chi connectivity index (χ3v) is 8.37. The molecule has 1 aliphatic rings. The van der Waals surface area contributed by atoms with Gasteiger partial charge in [-0.2, -0.15) is 4.31 Å². The van der Waals surface area contributed by atoms with E-state index in [0.717, 1.165) is 23.3 Å². The number of halogens is 1. The molecule has 0 unspecified atom stereocenters. The highest BCUT2D eigenvalue weighted by atomic mass is 32.2. The monoisotopic (exact) mass is 488 g/mol. The van der Waals surface area contributed by atoms with E-state index in [4.69, 9.17) is 0 Å². The van der Waals surface area contributed by atoms with Gasteiger partial charge in [0, 0.05) is 6.54 Å². The number of rotatable bonds is 7. The predicted molar refractivity (Wildman–Crippen MR) is 125 cm³/mol. The molecule has 1 saturated heterocycles. The Morgan fingerprint density at radius 2 is 1.91 bits per heavy atom. The number of anilines is 1. The molecule has 1 aromatic heterocycles. The third-order valence-electron chi connectivity index (χ3n) is 5.42. The van der Waals surface area contributed by atoms with Crippen molar-refractivity contribution in [2.24, 2.45) is 5.92 Å². The minimum atomic E-state index is -3.72. The van der Waals surface area contributed by atoms with Crippen molar-refractivity contribution < 1.29 is 17.6 Å². The minimum Gasteiger partial charge on any atom is -0.317 e. The molecule has 0 aliphatic carbocycles. The number of sulfonamides is 1. The summed E-state index contributed by atoms with van der Waals surface area (Å²) in [7, 11) is -3.72. The van der Waals surface area contributed by atoms with Gasteiger partial charge >= 0.3 is 0 Å². The van der Waals surface area contributed by atoms with Crippen LogP contribution in [0.15, 0.2) is 53.4 Å². The normalized spacial score (nSPS) is 16.9. The quantitative estimate of drug-likeness (QED) is 0.522. The molecule has 0 bridgehead atoms. The number of nitrogens with zero attached hydrogens (tertiary/aromatic N) is 3. The lowest BCUT2D eigenvalue weighted by molar-refractivity contribution is 0.102. The summed E-state index contributed by atoms with van der Waals surface area (Å²) in [5.41, 5.74) is 1.14. The third kappa shape index (κ3) is 5.13. The van der Waals surface area contributed by atoms with Crippen molar-refractivity contribution in [2.75, 3.05) is 11.9 Å². The van der Waals surface area contributed by atoms with Crippen molar-refractivity contribution in [3.8, 4) is 0 Å². The van der Waals surface area contributed by atoms with E-state index in [1.54, 1.807) is 18.2 Å². The van der Waals surface area contributed by atoms with Crippen LogP contribution in [0.25, 0.3) is 0 Å². The average molecular weight is 489 g/mol. The molecule has 3 aromatic rings. The van der Waals surface area contributed by atoms with Gasteiger partial charge in [0.2, 0.25) is 15.0 Å². The van der Waals surface area contributed by atoms with Crippen LogP contribution >= 0.6 is 11.3 Å². The zero-order valence-corrected chi connectivity index (χ0v) is 20.0. The van der Waals surface area contributed by atoms with Crippen LogP contribution in [0.1, 0.15) is 53.1 Å². The smallest absolute Gasteiger partial charge is 0.286 e. The van der Waals surface area contributed by atoms with Crippen molar-refractivity contribution in [3.63, 3.8) is 0 Å². The van der Waals surface area contributed by atoms with E-state index in [0.29, 0.717) is 30.3 Å². The second kappa shape index (κ2) is 9.66. The lowest BCUT2D eigenvalue weighted by Gasteiger charge is -2.22. The average Bonchev–Trinajstić information content (AvgIpc) is 3.45. The standard InChI is InChI=1S/C23H25FN4O3S2/c1-15(2)14-16-9-11-17(12-10-16)33(30,31)28-13-5-8-20(28)22-26-27-23(32-22)21(29)25-19-7-4-3-6-18(19)24/h3-4,6-7,9-12,15,20H,5,8,13-14H2,1-2H3,(H,25,29)/t20-/m1/s1. The zero-order valence-electron chi connectivity index (χ0n) is 18.4. The predicted octanol–water partition coefficient (Wildman–Crippen LogP) is 4.65. The first-order valence-electron chi connectivity index (χ1n) is 10.8. The molecule has 4 rings (SSSR count). The summed E-state index contributed by atoms with van der Waals surface area (Å²) in [5.74, 6) is -0.655. The molecule has 0 spiro atoms. The van der Waals surface area contributed by atoms with Gasteiger partial charge < -0.3 is 5.32 Å². The number of hydrogen-bond donors (Lipinski definition) is 1. The van der Waals surface area contributed by atoms with Crippen molar-refractivity contribution in [2.45, 2.75) is 44.0 Å². The maximum absolute atomic E-state index is 13.8. The van der Waals surface area contributed by atoms with Crippen LogP contribution in [0.4, 0.5) is 10.1 Å². The van der Waals surface area contributed by atoms with Crippen molar-refractivity contribution in [3.05, 3.63) is 69.9 Å². The molecule has 1 atom stereocenters. The number of benzene rings is 2. The number of para-hydroxylation sites is 1. The molecule has 10 heteroatoms. The second-order valence-electron chi connectivity index (χ2n) is 8.40. The summed E-state index contributed by atoms with van der Waals surface area (Å²) in [5, 5.41) is 11.0. The molecular formula is C23H25FN4O3S2. The van der Waals surface area contributed by atoms with Crippen molar-refractivity contribution >= 4 is 33.0 Å². The Morgan fingerprint density at radius 1 is 1.18 bits per heavy atom. The van der Waals surface area contributed by atoms with Crippen LogP contribution in [-0.4, -0.2) is 35.4 Å². The van der Waals surface area contributed by atoms with Crippen LogP contribution in [0.3, 0.4) is 0 Å². The van der Waals surface area contributed by atoms with Crippen molar-refractivity contribution in [1.29, 1.82) is 0 Å². The van der Waals surface area contributed by atoms with Crippen LogP contribution in [0, 0.1) is 11.7 Å². The lowest BCUT2D eigenvalue weighted by atomic mass is 10.0. The first kappa shape index (κ1) is 23.5. The van der Waals surface area contributed by atoms with Gasteiger partial charge in [0.05, 0.1) is 16.6 Å². The first-order chi connectivity index (χ1) is 15.8. The fraction of sp³-hybridized carbons (Fsp3) is 0.348. The second-order valence-corrected chi connectivity index (χ2v) is 11.3. The number of carbonyl (C=O) groups is 1. The summed E-state index contributed by atoms with van der Waals surface area (Å²) in [4.78, 5) is 12.7. The van der Waals surface area contributed by atoms with Crippen molar-refractivity contribution in [1.82, 2.24) is 14.5 Å². The summed E-state index contributed by atoms with van der Waals surface area (Å²) in [6, 6.07) is 12.4. The molecular weight excluding hydrogens is 463 g/mol. The molecule has 1 aliphatic heterocycles. The molecule has 0 saturated carbocycles. The highest BCUT2D eigenvalue weighted by molar-refractivity contribution is 7.89. The topological polar surface area (TPSA) is 92.3 Å². The molecule has 2 aromatic carbocycles. The molecule has 174 valence electrons. The first-order valence-corrected chi connectivity index (χ1v) is 13.0. The maximum Gasteiger partial charge on any atom is 0.286 e. The minimum absolute atomic E-state index is 0.0465. The van der Waals surface area contributed by atoms with E-state index in [2.05, 4.69) is 29.4 Å². The van der Waals surface area contributed by atoms with Gasteiger partial charge in [-0.1, -0.05) is 49.4 Å². The Bertz CT molecular complexity index is 1240. The maximum atomic E-state index is 13.8. The lowest BCUT2D eigenvalue weighted by Crippen LogP contribution is -2.30. The Labute approximate surface area is 196 Å². The number of amides is 1. The largest absolute Gasteiger partial charge is 0.317 e. The van der Waals surface area contributed by atoms with E-state index in [9.17, 15) is 17.6 Å². The van der Waals surface area contributed by atoms with E-state index in [1.165, 1.54) is 22.5 Å². The Hall–Kier alpha value is -2.69. The van der Waals surface area contributed by atoms with E-state index in [1.807, 2.05) is 12.1 Å².